The molecule has 2 heteroatoms. The summed E-state index contributed by atoms with van der Waals surface area (Å²) in [6.45, 7) is 0. The van der Waals surface area contributed by atoms with Crippen LogP contribution in [0.3, 0.4) is 0 Å². The fourth-order valence-corrected chi connectivity index (χ4v) is 2.18. The van der Waals surface area contributed by atoms with E-state index < -0.39 is 0 Å². The average molecular weight is 199 g/mol. The first-order valence-corrected chi connectivity index (χ1v) is 5.28. The maximum absolute atomic E-state index is 11.4. The molecule has 2 nitrogen and oxygen atoms in total. The molecule has 1 aliphatic rings. The molecule has 0 N–H and O–H groups in total. The van der Waals surface area contributed by atoms with E-state index in [4.69, 9.17) is 5.26 Å². The van der Waals surface area contributed by atoms with Crippen molar-refractivity contribution in [2.24, 2.45) is 5.92 Å². The van der Waals surface area contributed by atoms with Crippen molar-refractivity contribution in [1.29, 1.82) is 5.26 Å². The van der Waals surface area contributed by atoms with E-state index in [-0.39, 0.29) is 11.7 Å². The van der Waals surface area contributed by atoms with Crippen LogP contribution in [-0.4, -0.2) is 5.78 Å². The molecule has 2 unspecified atom stereocenters. The van der Waals surface area contributed by atoms with Crippen molar-refractivity contribution in [3.63, 3.8) is 0 Å². The van der Waals surface area contributed by atoms with Gasteiger partial charge in [0.15, 0.2) is 0 Å². The van der Waals surface area contributed by atoms with Crippen LogP contribution in [0.4, 0.5) is 0 Å². The Labute approximate surface area is 89.5 Å². The van der Waals surface area contributed by atoms with Gasteiger partial charge in [0.05, 0.1) is 6.07 Å². The molecule has 0 amide bonds. The van der Waals surface area contributed by atoms with Crippen molar-refractivity contribution in [1.82, 2.24) is 0 Å². The molecule has 0 heterocycles. The van der Waals surface area contributed by atoms with Gasteiger partial charge in [-0.05, 0) is 24.3 Å². The van der Waals surface area contributed by atoms with Gasteiger partial charge in [-0.3, -0.25) is 4.79 Å². The molecular formula is C13H13NO. The fraction of sp³-hybridized carbons (Fsp3) is 0.385. The molecule has 0 aliphatic heterocycles. The summed E-state index contributed by atoms with van der Waals surface area (Å²) in [5.74, 6) is 0.113. The third-order valence-electron chi connectivity index (χ3n) is 3.07. The average Bonchev–Trinajstić information content (AvgIpc) is 2.31. The highest BCUT2D eigenvalue weighted by Crippen LogP contribution is 2.33. The van der Waals surface area contributed by atoms with Crippen molar-refractivity contribution in [2.45, 2.75) is 25.2 Å². The smallest absolute Gasteiger partial charge is 0.150 e. The summed E-state index contributed by atoms with van der Waals surface area (Å²) in [6.07, 6.45) is 2.14. The Balaban J connectivity index is 2.14. The number of ketones is 1. The van der Waals surface area contributed by atoms with E-state index in [1.807, 2.05) is 18.2 Å². The molecule has 1 saturated carbocycles. The summed E-state index contributed by atoms with van der Waals surface area (Å²) in [4.78, 5) is 11.4. The zero-order valence-electron chi connectivity index (χ0n) is 8.52. The summed E-state index contributed by atoms with van der Waals surface area (Å²) in [7, 11) is 0. The Hall–Kier alpha value is -1.62. The summed E-state index contributed by atoms with van der Waals surface area (Å²) in [5.41, 5.74) is 1.25. The molecule has 0 aromatic heterocycles. The predicted molar refractivity (Wildman–Crippen MR) is 57.1 cm³/mol. The minimum atomic E-state index is -0.385. The monoisotopic (exact) mass is 199 g/mol. The third-order valence-corrected chi connectivity index (χ3v) is 3.07. The van der Waals surface area contributed by atoms with Crippen molar-refractivity contribution in [2.75, 3.05) is 0 Å². The molecule has 0 bridgehead atoms. The number of hydrogen-bond acceptors (Lipinski definition) is 2. The topological polar surface area (TPSA) is 40.9 Å². The van der Waals surface area contributed by atoms with Crippen molar-refractivity contribution < 1.29 is 4.79 Å². The molecular weight excluding hydrogens is 186 g/mol. The van der Waals surface area contributed by atoms with Gasteiger partial charge in [-0.25, -0.2) is 0 Å². The quantitative estimate of drug-likeness (QED) is 0.697. The lowest BCUT2D eigenvalue weighted by molar-refractivity contribution is -0.123. The lowest BCUT2D eigenvalue weighted by atomic mass is 9.78. The number of rotatable bonds is 1. The largest absolute Gasteiger partial charge is 0.298 e. The predicted octanol–water partition coefficient (Wildman–Crippen LogP) is 2.66. The first-order chi connectivity index (χ1) is 7.31. The minimum Gasteiger partial charge on any atom is -0.298 e. The summed E-state index contributed by atoms with van der Waals surface area (Å²) in [5, 5.41) is 8.86. The van der Waals surface area contributed by atoms with E-state index in [0.717, 1.165) is 6.42 Å². The van der Waals surface area contributed by atoms with E-state index in [0.29, 0.717) is 18.8 Å². The van der Waals surface area contributed by atoms with Crippen LogP contribution in [0.25, 0.3) is 0 Å². The third kappa shape index (κ3) is 2.07. The number of nitrogens with zero attached hydrogens (tertiary/aromatic N) is 1. The van der Waals surface area contributed by atoms with E-state index in [1.54, 1.807) is 0 Å². The zero-order valence-corrected chi connectivity index (χ0v) is 8.52. The van der Waals surface area contributed by atoms with Crippen LogP contribution in [0.5, 0.6) is 0 Å². The summed E-state index contributed by atoms with van der Waals surface area (Å²) >= 11 is 0. The van der Waals surface area contributed by atoms with Crippen LogP contribution in [0.2, 0.25) is 0 Å². The number of benzene rings is 1. The first-order valence-electron chi connectivity index (χ1n) is 5.28. The van der Waals surface area contributed by atoms with Gasteiger partial charge < -0.3 is 0 Å². The highest BCUT2D eigenvalue weighted by atomic mass is 16.1. The van der Waals surface area contributed by atoms with Gasteiger partial charge in [0.1, 0.15) is 11.7 Å². The second kappa shape index (κ2) is 4.27. The lowest BCUT2D eigenvalue weighted by Crippen LogP contribution is -2.22. The van der Waals surface area contributed by atoms with Gasteiger partial charge in [-0.1, -0.05) is 30.3 Å². The molecule has 2 rings (SSSR count). The minimum absolute atomic E-state index is 0.115. The Morgan fingerprint density at radius 1 is 1.27 bits per heavy atom. The van der Waals surface area contributed by atoms with Crippen LogP contribution in [-0.2, 0) is 4.79 Å². The second-order valence-electron chi connectivity index (χ2n) is 4.03. The van der Waals surface area contributed by atoms with E-state index in [1.165, 1.54) is 5.56 Å². The molecule has 1 fully saturated rings. The van der Waals surface area contributed by atoms with Crippen LogP contribution < -0.4 is 0 Å². The fourth-order valence-electron chi connectivity index (χ4n) is 2.18. The number of carbonyl (C=O) groups excluding carboxylic acids is 1. The van der Waals surface area contributed by atoms with E-state index >= 15 is 0 Å². The maximum Gasteiger partial charge on any atom is 0.150 e. The molecule has 1 aliphatic carbocycles. The van der Waals surface area contributed by atoms with Crippen molar-refractivity contribution in [3.05, 3.63) is 35.9 Å². The van der Waals surface area contributed by atoms with E-state index in [2.05, 4.69) is 18.2 Å². The van der Waals surface area contributed by atoms with Crippen molar-refractivity contribution >= 4 is 5.78 Å². The van der Waals surface area contributed by atoms with Gasteiger partial charge >= 0.3 is 0 Å². The number of Topliss-reactive ketones (excluding diaryl/α,β-unsaturated/α-hetero) is 1. The molecule has 2 atom stereocenters. The standard InChI is InChI=1S/C13H13NO/c14-9-12-8-11(6-7-13(12)15)10-4-2-1-3-5-10/h1-5,11-12H,6-8H2. The molecule has 0 spiro atoms. The second-order valence-corrected chi connectivity index (χ2v) is 4.03. The molecule has 1 aromatic rings. The molecule has 15 heavy (non-hydrogen) atoms. The maximum atomic E-state index is 11.4. The highest BCUT2D eigenvalue weighted by molar-refractivity contribution is 5.84. The lowest BCUT2D eigenvalue weighted by Gasteiger charge is -2.24. The number of carbonyl (C=O) groups is 1. The van der Waals surface area contributed by atoms with Crippen LogP contribution in [0, 0.1) is 17.2 Å². The SMILES string of the molecule is N#CC1CC(c2ccccc2)CCC1=O. The van der Waals surface area contributed by atoms with Crippen LogP contribution >= 0.6 is 0 Å². The van der Waals surface area contributed by atoms with Gasteiger partial charge in [0.2, 0.25) is 0 Å². The molecule has 76 valence electrons. The van der Waals surface area contributed by atoms with Gasteiger partial charge in [0, 0.05) is 6.42 Å². The van der Waals surface area contributed by atoms with Gasteiger partial charge in [-0.15, -0.1) is 0 Å². The van der Waals surface area contributed by atoms with Crippen LogP contribution in [0.15, 0.2) is 30.3 Å². The summed E-state index contributed by atoms with van der Waals surface area (Å²) in [6, 6.07) is 12.3. The highest BCUT2D eigenvalue weighted by Gasteiger charge is 2.29. The normalized spacial score (nSPS) is 25.9. The first kappa shape index (κ1) is 9.92. The van der Waals surface area contributed by atoms with Crippen molar-refractivity contribution in [3.8, 4) is 6.07 Å². The number of nitriles is 1. The molecule has 0 saturated heterocycles. The zero-order chi connectivity index (χ0) is 10.7. The Morgan fingerprint density at radius 3 is 2.67 bits per heavy atom. The van der Waals surface area contributed by atoms with Gasteiger partial charge in [-0.2, -0.15) is 5.26 Å². The van der Waals surface area contributed by atoms with E-state index in [9.17, 15) is 4.79 Å². The Morgan fingerprint density at radius 2 is 2.00 bits per heavy atom. The summed E-state index contributed by atoms with van der Waals surface area (Å²) < 4.78 is 0. The Bertz CT molecular complexity index is 391. The van der Waals surface area contributed by atoms with Gasteiger partial charge in [0.25, 0.3) is 0 Å². The Kier molecular flexibility index (Phi) is 2.82. The molecule has 1 aromatic carbocycles. The molecule has 0 radical (unpaired) electrons. The number of hydrogen-bond donors (Lipinski definition) is 0. The van der Waals surface area contributed by atoms with Crippen LogP contribution in [0.1, 0.15) is 30.7 Å².